The van der Waals surface area contributed by atoms with E-state index in [9.17, 15) is 9.59 Å². The summed E-state index contributed by atoms with van der Waals surface area (Å²) < 4.78 is 0. The van der Waals surface area contributed by atoms with Gasteiger partial charge in [0.25, 0.3) is 11.8 Å². The highest BCUT2D eigenvalue weighted by atomic mass is 32.2. The van der Waals surface area contributed by atoms with E-state index in [4.69, 9.17) is 5.73 Å². The van der Waals surface area contributed by atoms with Crippen LogP contribution in [-0.2, 0) is 0 Å². The van der Waals surface area contributed by atoms with Crippen LogP contribution in [0.1, 0.15) is 27.6 Å². The number of nitrogens with two attached hydrogens (primary N) is 1. The summed E-state index contributed by atoms with van der Waals surface area (Å²) >= 11 is 1.71. The average Bonchev–Trinajstić information content (AvgIpc) is 2.55. The lowest BCUT2D eigenvalue weighted by Crippen LogP contribution is -2.34. The minimum atomic E-state index is -0.227. The van der Waals surface area contributed by atoms with Crippen molar-refractivity contribution in [2.45, 2.75) is 6.92 Å². The molecule has 0 spiro atoms. The Morgan fingerprint density at radius 1 is 1.28 bits per heavy atom. The van der Waals surface area contributed by atoms with Crippen molar-refractivity contribution in [1.29, 1.82) is 0 Å². The summed E-state index contributed by atoms with van der Waals surface area (Å²) in [5, 5.41) is 0. The van der Waals surface area contributed by atoms with Crippen LogP contribution in [-0.4, -0.2) is 35.3 Å². The Bertz CT molecular complexity index is 502. The lowest BCUT2D eigenvalue weighted by molar-refractivity contribution is 0.0637. The summed E-state index contributed by atoms with van der Waals surface area (Å²) in [6.07, 6.45) is 2.01. The number of benzene rings is 1. The van der Waals surface area contributed by atoms with Gasteiger partial charge < -0.3 is 5.73 Å². The SMILES string of the molecule is CSCC(C)CN1C(=O)c2ccc(N)cc2C1=O. The summed E-state index contributed by atoms with van der Waals surface area (Å²) in [5.74, 6) is 0.785. The van der Waals surface area contributed by atoms with Gasteiger partial charge in [0.2, 0.25) is 0 Å². The molecule has 0 radical (unpaired) electrons. The highest BCUT2D eigenvalue weighted by Gasteiger charge is 2.35. The smallest absolute Gasteiger partial charge is 0.261 e. The van der Waals surface area contributed by atoms with Crippen LogP contribution in [0.25, 0.3) is 0 Å². The van der Waals surface area contributed by atoms with E-state index < -0.39 is 0 Å². The van der Waals surface area contributed by atoms with Gasteiger partial charge in [-0.05, 0) is 36.1 Å². The van der Waals surface area contributed by atoms with Crippen LogP contribution in [0.2, 0.25) is 0 Å². The maximum Gasteiger partial charge on any atom is 0.261 e. The van der Waals surface area contributed by atoms with Gasteiger partial charge in [-0.15, -0.1) is 0 Å². The number of hydrogen-bond donors (Lipinski definition) is 1. The number of thioether (sulfide) groups is 1. The molecule has 18 heavy (non-hydrogen) atoms. The van der Waals surface area contributed by atoms with Gasteiger partial charge in [0.05, 0.1) is 11.1 Å². The summed E-state index contributed by atoms with van der Waals surface area (Å²) in [7, 11) is 0. The molecule has 2 amide bonds. The lowest BCUT2D eigenvalue weighted by atomic mass is 10.1. The van der Waals surface area contributed by atoms with Crippen molar-refractivity contribution in [3.8, 4) is 0 Å². The fourth-order valence-corrected chi connectivity index (χ4v) is 2.80. The molecule has 0 saturated heterocycles. The monoisotopic (exact) mass is 264 g/mol. The van der Waals surface area contributed by atoms with E-state index >= 15 is 0 Å². The summed E-state index contributed by atoms with van der Waals surface area (Å²) in [4.78, 5) is 25.6. The Kier molecular flexibility index (Phi) is 3.61. The van der Waals surface area contributed by atoms with Gasteiger partial charge in [-0.1, -0.05) is 6.92 Å². The molecule has 1 aromatic rings. The van der Waals surface area contributed by atoms with E-state index in [1.165, 1.54) is 4.90 Å². The van der Waals surface area contributed by atoms with Crippen LogP contribution in [0.5, 0.6) is 0 Å². The quantitative estimate of drug-likeness (QED) is 0.666. The lowest BCUT2D eigenvalue weighted by Gasteiger charge is -2.18. The molecular weight excluding hydrogens is 248 g/mol. The maximum atomic E-state index is 12.1. The van der Waals surface area contributed by atoms with Gasteiger partial charge in [-0.25, -0.2) is 0 Å². The number of amides is 2. The zero-order valence-electron chi connectivity index (χ0n) is 10.5. The fraction of sp³-hybridized carbons (Fsp3) is 0.385. The van der Waals surface area contributed by atoms with Crippen molar-refractivity contribution in [1.82, 2.24) is 4.90 Å². The van der Waals surface area contributed by atoms with Gasteiger partial charge in [0, 0.05) is 12.2 Å². The fourth-order valence-electron chi connectivity index (χ4n) is 2.12. The molecule has 2 rings (SSSR count). The van der Waals surface area contributed by atoms with E-state index in [-0.39, 0.29) is 11.8 Å². The molecule has 1 heterocycles. The maximum absolute atomic E-state index is 12.1. The van der Waals surface area contributed by atoms with Gasteiger partial charge >= 0.3 is 0 Å². The van der Waals surface area contributed by atoms with Gasteiger partial charge in [-0.2, -0.15) is 11.8 Å². The minimum Gasteiger partial charge on any atom is -0.399 e. The minimum absolute atomic E-state index is 0.206. The van der Waals surface area contributed by atoms with E-state index in [0.29, 0.717) is 29.3 Å². The van der Waals surface area contributed by atoms with E-state index in [2.05, 4.69) is 0 Å². The number of imide groups is 1. The van der Waals surface area contributed by atoms with Gasteiger partial charge in [-0.3, -0.25) is 14.5 Å². The van der Waals surface area contributed by atoms with E-state index in [1.54, 1.807) is 30.0 Å². The van der Waals surface area contributed by atoms with Crippen LogP contribution in [0.4, 0.5) is 5.69 Å². The Balaban J connectivity index is 2.23. The summed E-state index contributed by atoms with van der Waals surface area (Å²) in [5.41, 5.74) is 7.05. The van der Waals surface area contributed by atoms with E-state index in [0.717, 1.165) is 5.75 Å². The highest BCUT2D eigenvalue weighted by molar-refractivity contribution is 7.98. The highest BCUT2D eigenvalue weighted by Crippen LogP contribution is 2.25. The molecule has 1 aliphatic heterocycles. The topological polar surface area (TPSA) is 63.4 Å². The first-order valence-electron chi connectivity index (χ1n) is 5.79. The largest absolute Gasteiger partial charge is 0.399 e. The van der Waals surface area contributed by atoms with Crippen LogP contribution >= 0.6 is 11.8 Å². The zero-order chi connectivity index (χ0) is 13.3. The molecule has 0 aliphatic carbocycles. The zero-order valence-corrected chi connectivity index (χ0v) is 11.3. The first kappa shape index (κ1) is 13.0. The number of nitrogen functional groups attached to an aromatic ring is 1. The third-order valence-corrected chi connectivity index (χ3v) is 3.84. The van der Waals surface area contributed by atoms with Crippen LogP contribution in [0, 0.1) is 5.92 Å². The molecule has 1 atom stereocenters. The molecule has 1 unspecified atom stereocenters. The molecule has 1 aliphatic rings. The number of rotatable bonds is 4. The molecule has 2 N–H and O–H groups in total. The predicted octanol–water partition coefficient (Wildman–Crippen LogP) is 1.86. The first-order valence-corrected chi connectivity index (χ1v) is 7.18. The third-order valence-electron chi connectivity index (χ3n) is 2.94. The second-order valence-corrected chi connectivity index (χ2v) is 5.50. The molecule has 0 saturated carbocycles. The van der Waals surface area contributed by atoms with Crippen molar-refractivity contribution in [2.75, 3.05) is 24.3 Å². The number of nitrogens with zero attached hydrogens (tertiary/aromatic N) is 1. The molecule has 0 fully saturated rings. The second-order valence-electron chi connectivity index (χ2n) is 4.59. The average molecular weight is 264 g/mol. The number of hydrogen-bond acceptors (Lipinski definition) is 4. The molecule has 0 bridgehead atoms. The van der Waals surface area contributed by atoms with Crippen molar-refractivity contribution < 1.29 is 9.59 Å². The number of carbonyl (C=O) groups is 2. The number of carbonyl (C=O) groups excluding carboxylic acids is 2. The number of fused-ring (bicyclic) bond motifs is 1. The molecule has 96 valence electrons. The van der Waals surface area contributed by atoms with E-state index in [1.807, 2.05) is 13.2 Å². The molecular formula is C13H16N2O2S. The van der Waals surface area contributed by atoms with Crippen molar-refractivity contribution >= 4 is 29.3 Å². The Hall–Kier alpha value is -1.49. The molecule has 1 aromatic carbocycles. The predicted molar refractivity (Wildman–Crippen MR) is 73.8 cm³/mol. The Morgan fingerprint density at radius 2 is 1.94 bits per heavy atom. The standard InChI is InChI=1S/C13H16N2O2S/c1-8(7-18-2)6-15-12(16)10-4-3-9(14)5-11(10)13(15)17/h3-5,8H,6-7,14H2,1-2H3. The van der Waals surface area contributed by atoms with Crippen molar-refractivity contribution in [3.05, 3.63) is 29.3 Å². The molecule has 5 heteroatoms. The van der Waals surface area contributed by atoms with Crippen molar-refractivity contribution in [3.63, 3.8) is 0 Å². The van der Waals surface area contributed by atoms with Gasteiger partial charge in [0.15, 0.2) is 0 Å². The summed E-state index contributed by atoms with van der Waals surface area (Å²) in [6, 6.07) is 4.86. The summed E-state index contributed by atoms with van der Waals surface area (Å²) in [6.45, 7) is 2.50. The molecule has 4 nitrogen and oxygen atoms in total. The molecule has 0 aromatic heterocycles. The number of anilines is 1. The van der Waals surface area contributed by atoms with Crippen LogP contribution in [0.3, 0.4) is 0 Å². The normalized spacial score (nSPS) is 16.0. The third kappa shape index (κ3) is 2.22. The van der Waals surface area contributed by atoms with Crippen LogP contribution < -0.4 is 5.73 Å². The Morgan fingerprint density at radius 3 is 2.61 bits per heavy atom. The Labute approximate surface area is 111 Å². The van der Waals surface area contributed by atoms with Crippen molar-refractivity contribution in [2.24, 2.45) is 5.92 Å². The first-order chi connectivity index (χ1) is 8.54. The van der Waals surface area contributed by atoms with Crippen LogP contribution in [0.15, 0.2) is 18.2 Å². The van der Waals surface area contributed by atoms with Gasteiger partial charge in [0.1, 0.15) is 0 Å². The second kappa shape index (κ2) is 5.02.